The van der Waals surface area contributed by atoms with Gasteiger partial charge in [-0.2, -0.15) is 18.3 Å². The fourth-order valence-corrected chi connectivity index (χ4v) is 4.96. The van der Waals surface area contributed by atoms with Crippen LogP contribution in [0.15, 0.2) is 47.9 Å². The maximum Gasteiger partial charge on any atom is 0.433 e. The van der Waals surface area contributed by atoms with Crippen LogP contribution in [0.3, 0.4) is 0 Å². The van der Waals surface area contributed by atoms with Gasteiger partial charge in [-0.15, -0.1) is 11.8 Å². The van der Waals surface area contributed by atoms with Crippen LogP contribution in [-0.4, -0.2) is 34.9 Å². The minimum Gasteiger partial charge on any atom is -0.326 e. The molecule has 0 unspecified atom stereocenters. The minimum atomic E-state index is -4.55. The van der Waals surface area contributed by atoms with Crippen LogP contribution in [0.1, 0.15) is 12.6 Å². The number of benzene rings is 1. The summed E-state index contributed by atoms with van der Waals surface area (Å²) in [7, 11) is 1.73. The van der Waals surface area contributed by atoms with Gasteiger partial charge < -0.3 is 4.57 Å². The summed E-state index contributed by atoms with van der Waals surface area (Å²) in [6, 6.07) is 6.15. The van der Waals surface area contributed by atoms with E-state index in [0.717, 1.165) is 22.9 Å². The van der Waals surface area contributed by atoms with E-state index in [0.29, 0.717) is 37.6 Å². The molecule has 6 nitrogen and oxygen atoms in total. The van der Waals surface area contributed by atoms with Gasteiger partial charge in [-0.3, -0.25) is 0 Å². The zero-order valence-electron chi connectivity index (χ0n) is 17.7. The number of halogens is 5. The van der Waals surface area contributed by atoms with Gasteiger partial charge in [0.1, 0.15) is 16.5 Å². The molecule has 0 atom stereocenters. The molecule has 0 bridgehead atoms. The van der Waals surface area contributed by atoms with E-state index in [1.165, 1.54) is 18.0 Å². The third kappa shape index (κ3) is 3.99. The van der Waals surface area contributed by atoms with Gasteiger partial charge in [0.05, 0.1) is 22.8 Å². The molecule has 4 heterocycles. The Morgan fingerprint density at radius 2 is 1.74 bits per heavy atom. The highest BCUT2D eigenvalue weighted by molar-refractivity contribution is 7.99. The number of fused-ring (bicyclic) bond motifs is 2. The smallest absolute Gasteiger partial charge is 0.326 e. The Labute approximate surface area is 205 Å². The number of pyridine rings is 1. The number of imidazole rings is 1. The lowest BCUT2D eigenvalue weighted by Crippen LogP contribution is -2.07. The van der Waals surface area contributed by atoms with Crippen molar-refractivity contribution in [1.29, 1.82) is 0 Å². The molecule has 0 fully saturated rings. The Morgan fingerprint density at radius 3 is 2.41 bits per heavy atom. The molecule has 0 N–H and O–H groups in total. The average molecular weight is 523 g/mol. The number of nitrogens with zero attached hydrogens (tertiary/aromatic N) is 6. The molecule has 0 spiro atoms. The van der Waals surface area contributed by atoms with Crippen LogP contribution in [0, 0.1) is 0 Å². The van der Waals surface area contributed by atoms with Gasteiger partial charge in [0, 0.05) is 35.1 Å². The normalized spacial score (nSPS) is 12.2. The molecule has 0 aliphatic carbocycles. The standard InChI is InChI=1S/C22H15Cl2F3N6S/c1-3-34-21-18(20-30-15-7-17(22(25,26)27)28-9-16(15)32(20)2)19-29-8-12(10-33(19)31-21)11-4-13(23)6-14(24)5-11/h4-10H,3H2,1-2H3. The second-order valence-corrected chi connectivity index (χ2v) is 9.56. The van der Waals surface area contributed by atoms with E-state index in [1.807, 2.05) is 6.92 Å². The molecular weight excluding hydrogens is 508 g/mol. The minimum absolute atomic E-state index is 0.191. The van der Waals surface area contributed by atoms with Crippen molar-refractivity contribution in [3.8, 4) is 22.5 Å². The number of aromatic nitrogens is 6. The van der Waals surface area contributed by atoms with E-state index >= 15 is 0 Å². The quantitative estimate of drug-likeness (QED) is 0.243. The lowest BCUT2D eigenvalue weighted by molar-refractivity contribution is -0.141. The molecule has 0 saturated heterocycles. The van der Waals surface area contributed by atoms with Crippen molar-refractivity contribution >= 4 is 51.6 Å². The zero-order chi connectivity index (χ0) is 24.2. The van der Waals surface area contributed by atoms with E-state index in [1.54, 1.807) is 46.7 Å². The highest BCUT2D eigenvalue weighted by Crippen LogP contribution is 2.37. The molecule has 0 radical (unpaired) electrons. The fraction of sp³-hybridized carbons (Fsp3) is 0.182. The van der Waals surface area contributed by atoms with E-state index in [9.17, 15) is 13.2 Å². The third-order valence-electron chi connectivity index (χ3n) is 5.20. The Morgan fingerprint density at radius 1 is 1.00 bits per heavy atom. The Kier molecular flexibility index (Phi) is 5.70. The average Bonchev–Trinajstić information content (AvgIpc) is 3.28. The van der Waals surface area contributed by atoms with E-state index < -0.39 is 11.9 Å². The van der Waals surface area contributed by atoms with Gasteiger partial charge in [0.15, 0.2) is 5.65 Å². The molecule has 0 saturated carbocycles. The summed E-state index contributed by atoms with van der Waals surface area (Å²) >= 11 is 13.8. The number of rotatable bonds is 4. The topological polar surface area (TPSA) is 60.9 Å². The second-order valence-electron chi connectivity index (χ2n) is 7.43. The van der Waals surface area contributed by atoms with Gasteiger partial charge in [-0.25, -0.2) is 19.5 Å². The lowest BCUT2D eigenvalue weighted by Gasteiger charge is -2.05. The summed E-state index contributed by atoms with van der Waals surface area (Å²) in [6.45, 7) is 1.99. The molecule has 5 rings (SSSR count). The number of aryl methyl sites for hydroxylation is 1. The number of alkyl halides is 3. The van der Waals surface area contributed by atoms with Crippen LogP contribution in [0.4, 0.5) is 13.2 Å². The highest BCUT2D eigenvalue weighted by Gasteiger charge is 2.33. The Hall–Kier alpha value is -2.82. The molecule has 4 aromatic heterocycles. The predicted molar refractivity (Wildman–Crippen MR) is 127 cm³/mol. The summed E-state index contributed by atoms with van der Waals surface area (Å²) in [4.78, 5) is 12.7. The van der Waals surface area contributed by atoms with Gasteiger partial charge >= 0.3 is 6.18 Å². The number of hydrogen-bond donors (Lipinski definition) is 0. The summed E-state index contributed by atoms with van der Waals surface area (Å²) in [6.07, 6.45) is 0.108. The van der Waals surface area contributed by atoms with Crippen LogP contribution in [-0.2, 0) is 13.2 Å². The highest BCUT2D eigenvalue weighted by atomic mass is 35.5. The van der Waals surface area contributed by atoms with Crippen molar-refractivity contribution in [3.63, 3.8) is 0 Å². The van der Waals surface area contributed by atoms with Crippen molar-refractivity contribution in [2.24, 2.45) is 7.05 Å². The molecule has 12 heteroatoms. The molecule has 1 aromatic carbocycles. The SMILES string of the molecule is CCSc1nn2cc(-c3cc(Cl)cc(Cl)c3)cnc2c1-c1nc2cc(C(F)(F)F)ncc2n1C. The van der Waals surface area contributed by atoms with Crippen molar-refractivity contribution in [2.45, 2.75) is 18.1 Å². The first kappa shape index (κ1) is 22.9. The molecule has 174 valence electrons. The van der Waals surface area contributed by atoms with Crippen LogP contribution in [0.25, 0.3) is 39.2 Å². The van der Waals surface area contributed by atoms with Gasteiger partial charge in [0.25, 0.3) is 0 Å². The van der Waals surface area contributed by atoms with Gasteiger partial charge in [0.2, 0.25) is 0 Å². The van der Waals surface area contributed by atoms with E-state index in [4.69, 9.17) is 23.2 Å². The number of hydrogen-bond acceptors (Lipinski definition) is 5. The van der Waals surface area contributed by atoms with Crippen molar-refractivity contribution in [1.82, 2.24) is 29.1 Å². The van der Waals surface area contributed by atoms with Crippen LogP contribution in [0.5, 0.6) is 0 Å². The third-order valence-corrected chi connectivity index (χ3v) is 6.48. The summed E-state index contributed by atoms with van der Waals surface area (Å²) < 4.78 is 42.8. The van der Waals surface area contributed by atoms with Crippen molar-refractivity contribution in [2.75, 3.05) is 5.75 Å². The van der Waals surface area contributed by atoms with Crippen LogP contribution < -0.4 is 0 Å². The first-order valence-corrected chi connectivity index (χ1v) is 11.8. The number of thioether (sulfide) groups is 1. The monoisotopic (exact) mass is 522 g/mol. The second kappa shape index (κ2) is 8.44. The molecule has 0 amide bonds. The fourth-order valence-electron chi connectivity index (χ4n) is 3.69. The van der Waals surface area contributed by atoms with Crippen molar-refractivity contribution < 1.29 is 13.2 Å². The first-order chi connectivity index (χ1) is 16.2. The zero-order valence-corrected chi connectivity index (χ0v) is 20.1. The van der Waals surface area contributed by atoms with Crippen molar-refractivity contribution in [3.05, 3.63) is 58.6 Å². The molecule has 0 aliphatic heterocycles. The summed E-state index contributed by atoms with van der Waals surface area (Å²) in [5.74, 6) is 1.19. The molecule has 5 aromatic rings. The Balaban J connectivity index is 1.70. The predicted octanol–water partition coefficient (Wildman–Crippen LogP) is 6.78. The Bertz CT molecular complexity index is 1540. The van der Waals surface area contributed by atoms with E-state index in [-0.39, 0.29) is 5.52 Å². The van der Waals surface area contributed by atoms with Crippen LogP contribution in [0.2, 0.25) is 10.0 Å². The van der Waals surface area contributed by atoms with Gasteiger partial charge in [-0.05, 0) is 35.6 Å². The van der Waals surface area contributed by atoms with Crippen LogP contribution >= 0.6 is 35.0 Å². The molecule has 34 heavy (non-hydrogen) atoms. The maximum atomic E-state index is 13.2. The summed E-state index contributed by atoms with van der Waals surface area (Å²) in [5, 5.41) is 6.34. The molecule has 0 aliphatic rings. The van der Waals surface area contributed by atoms with E-state index in [2.05, 4.69) is 20.1 Å². The van der Waals surface area contributed by atoms with Gasteiger partial charge in [-0.1, -0.05) is 30.1 Å². The largest absolute Gasteiger partial charge is 0.433 e. The lowest BCUT2D eigenvalue weighted by atomic mass is 10.1. The molecular formula is C22H15Cl2F3N6S. The maximum absolute atomic E-state index is 13.2. The first-order valence-electron chi connectivity index (χ1n) is 10.0. The summed E-state index contributed by atoms with van der Waals surface area (Å²) in [5.41, 5.74) is 2.36.